The number of hydrogen-bond donors (Lipinski definition) is 2. The fourth-order valence-corrected chi connectivity index (χ4v) is 1.13. The van der Waals surface area contributed by atoms with E-state index in [1.165, 1.54) is 18.2 Å². The maximum atomic E-state index is 11.2. The molecule has 1 aromatic rings. The van der Waals surface area contributed by atoms with Crippen LogP contribution in [-0.4, -0.2) is 23.9 Å². The van der Waals surface area contributed by atoms with Crippen LogP contribution in [-0.2, 0) is 4.79 Å². The highest BCUT2D eigenvalue weighted by Crippen LogP contribution is 2.12. The number of non-ortho nitro benzene ring substituents is 1. The van der Waals surface area contributed by atoms with E-state index in [0.29, 0.717) is 13.1 Å². The van der Waals surface area contributed by atoms with Gasteiger partial charge < -0.3 is 11.1 Å². The van der Waals surface area contributed by atoms with Crippen LogP contribution in [0.5, 0.6) is 0 Å². The molecule has 0 bridgehead atoms. The molecule has 0 radical (unpaired) electrons. The fourth-order valence-electron chi connectivity index (χ4n) is 1.13. The van der Waals surface area contributed by atoms with Crippen molar-refractivity contribution in [2.45, 2.75) is 0 Å². The van der Waals surface area contributed by atoms with E-state index < -0.39 is 4.92 Å². The molecule has 6 nitrogen and oxygen atoms in total. The van der Waals surface area contributed by atoms with Crippen molar-refractivity contribution >= 4 is 17.7 Å². The number of carbonyl (C=O) groups excluding carboxylic acids is 1. The summed E-state index contributed by atoms with van der Waals surface area (Å²) in [6.45, 7) is 0.806. The van der Waals surface area contributed by atoms with Gasteiger partial charge in [0, 0.05) is 31.3 Å². The van der Waals surface area contributed by atoms with Gasteiger partial charge in [0.25, 0.3) is 5.69 Å². The molecular formula is C11H13N3O3. The van der Waals surface area contributed by atoms with Crippen molar-refractivity contribution in [2.24, 2.45) is 5.73 Å². The third-order valence-electron chi connectivity index (χ3n) is 1.97. The molecule has 0 unspecified atom stereocenters. The number of nitrogens with one attached hydrogen (secondary N) is 1. The quantitative estimate of drug-likeness (QED) is 0.445. The van der Waals surface area contributed by atoms with Gasteiger partial charge in [-0.2, -0.15) is 0 Å². The fraction of sp³-hybridized carbons (Fsp3) is 0.182. The van der Waals surface area contributed by atoms with Gasteiger partial charge in [-0.3, -0.25) is 14.9 Å². The lowest BCUT2D eigenvalue weighted by Gasteiger charge is -1.97. The third-order valence-corrected chi connectivity index (χ3v) is 1.97. The summed E-state index contributed by atoms with van der Waals surface area (Å²) in [7, 11) is 0. The predicted molar refractivity (Wildman–Crippen MR) is 64.2 cm³/mol. The molecule has 0 spiro atoms. The number of nitro groups is 1. The maximum Gasteiger partial charge on any atom is 0.269 e. The maximum absolute atomic E-state index is 11.2. The number of hydrogen-bond acceptors (Lipinski definition) is 4. The SMILES string of the molecule is NCCNC(=O)/C=C/c1ccc([N+](=O)[O-])cc1. The smallest absolute Gasteiger partial charge is 0.269 e. The largest absolute Gasteiger partial charge is 0.351 e. The molecule has 0 saturated carbocycles. The molecule has 0 atom stereocenters. The second-order valence-electron chi connectivity index (χ2n) is 3.26. The Labute approximate surface area is 98.3 Å². The summed E-state index contributed by atoms with van der Waals surface area (Å²) in [5, 5.41) is 13.0. The molecule has 90 valence electrons. The Balaban J connectivity index is 2.59. The third kappa shape index (κ3) is 4.43. The van der Waals surface area contributed by atoms with Crippen LogP contribution in [0.4, 0.5) is 5.69 Å². The molecule has 17 heavy (non-hydrogen) atoms. The van der Waals surface area contributed by atoms with Gasteiger partial charge in [0.05, 0.1) is 4.92 Å². The Morgan fingerprint density at radius 3 is 2.59 bits per heavy atom. The molecule has 0 aromatic heterocycles. The van der Waals surface area contributed by atoms with Gasteiger partial charge in [-0.15, -0.1) is 0 Å². The molecule has 3 N–H and O–H groups in total. The second-order valence-corrected chi connectivity index (χ2v) is 3.26. The number of carbonyl (C=O) groups is 1. The molecule has 0 aliphatic heterocycles. The summed E-state index contributed by atoms with van der Waals surface area (Å²) in [6.07, 6.45) is 2.94. The Hall–Kier alpha value is -2.21. The van der Waals surface area contributed by atoms with Crippen molar-refractivity contribution in [2.75, 3.05) is 13.1 Å². The first kappa shape index (κ1) is 12.9. The average molecular weight is 235 g/mol. The second kappa shape index (κ2) is 6.39. The molecule has 1 rings (SSSR count). The summed E-state index contributed by atoms with van der Waals surface area (Å²) in [5.41, 5.74) is 5.97. The Morgan fingerprint density at radius 2 is 2.06 bits per heavy atom. The lowest BCUT2D eigenvalue weighted by molar-refractivity contribution is -0.384. The predicted octanol–water partition coefficient (Wildman–Crippen LogP) is 0.683. The van der Waals surface area contributed by atoms with Crippen molar-refractivity contribution in [3.8, 4) is 0 Å². The van der Waals surface area contributed by atoms with Crippen LogP contribution in [0.1, 0.15) is 5.56 Å². The monoisotopic (exact) mass is 235 g/mol. The van der Waals surface area contributed by atoms with Gasteiger partial charge >= 0.3 is 0 Å². The number of benzene rings is 1. The lowest BCUT2D eigenvalue weighted by Crippen LogP contribution is -2.27. The summed E-state index contributed by atoms with van der Waals surface area (Å²) >= 11 is 0. The van der Waals surface area contributed by atoms with Crippen LogP contribution in [0.25, 0.3) is 6.08 Å². The molecule has 6 heteroatoms. The van der Waals surface area contributed by atoms with Gasteiger partial charge in [-0.1, -0.05) is 0 Å². The zero-order valence-electron chi connectivity index (χ0n) is 9.13. The van der Waals surface area contributed by atoms with E-state index in [0.717, 1.165) is 5.56 Å². The van der Waals surface area contributed by atoms with Crippen LogP contribution in [0.3, 0.4) is 0 Å². The number of nitro benzene ring substituents is 1. The van der Waals surface area contributed by atoms with E-state index in [1.54, 1.807) is 18.2 Å². The summed E-state index contributed by atoms with van der Waals surface area (Å²) < 4.78 is 0. The minimum absolute atomic E-state index is 0.0229. The Morgan fingerprint density at radius 1 is 1.41 bits per heavy atom. The van der Waals surface area contributed by atoms with Gasteiger partial charge in [0.15, 0.2) is 0 Å². The minimum Gasteiger partial charge on any atom is -0.351 e. The minimum atomic E-state index is -0.471. The molecule has 1 aromatic carbocycles. The Kier molecular flexibility index (Phi) is 4.83. The average Bonchev–Trinajstić information content (AvgIpc) is 2.34. The van der Waals surface area contributed by atoms with Crippen molar-refractivity contribution in [3.05, 3.63) is 46.0 Å². The number of amides is 1. The number of nitrogens with two attached hydrogens (primary N) is 1. The first-order valence-electron chi connectivity index (χ1n) is 5.04. The van der Waals surface area contributed by atoms with Crippen molar-refractivity contribution < 1.29 is 9.72 Å². The molecule has 0 aliphatic rings. The number of nitrogens with zero attached hydrogens (tertiary/aromatic N) is 1. The van der Waals surface area contributed by atoms with E-state index in [-0.39, 0.29) is 11.6 Å². The highest BCUT2D eigenvalue weighted by Gasteiger charge is 2.02. The molecule has 0 aliphatic carbocycles. The normalized spacial score (nSPS) is 10.4. The van der Waals surface area contributed by atoms with Gasteiger partial charge in [-0.25, -0.2) is 0 Å². The van der Waals surface area contributed by atoms with Crippen LogP contribution < -0.4 is 11.1 Å². The molecule has 0 saturated heterocycles. The first-order valence-corrected chi connectivity index (χ1v) is 5.04. The van der Waals surface area contributed by atoms with Crippen LogP contribution >= 0.6 is 0 Å². The molecule has 1 amide bonds. The summed E-state index contributed by atoms with van der Waals surface area (Å²) in [5.74, 6) is -0.242. The Bertz CT molecular complexity index is 426. The first-order chi connectivity index (χ1) is 8.13. The zero-order chi connectivity index (χ0) is 12.7. The van der Waals surface area contributed by atoms with Crippen LogP contribution in [0.2, 0.25) is 0 Å². The highest BCUT2D eigenvalue weighted by molar-refractivity contribution is 5.91. The highest BCUT2D eigenvalue weighted by atomic mass is 16.6. The van der Waals surface area contributed by atoms with E-state index in [1.807, 2.05) is 0 Å². The standard InChI is InChI=1S/C11H13N3O3/c12-7-8-13-11(15)6-3-9-1-4-10(5-2-9)14(16)17/h1-6H,7-8,12H2,(H,13,15)/b6-3+. The van der Waals surface area contributed by atoms with Crippen LogP contribution in [0, 0.1) is 10.1 Å². The van der Waals surface area contributed by atoms with E-state index in [4.69, 9.17) is 5.73 Å². The van der Waals surface area contributed by atoms with E-state index in [9.17, 15) is 14.9 Å². The summed E-state index contributed by atoms with van der Waals surface area (Å²) in [6, 6.07) is 5.92. The van der Waals surface area contributed by atoms with Crippen molar-refractivity contribution in [1.82, 2.24) is 5.32 Å². The van der Waals surface area contributed by atoms with Gasteiger partial charge in [0.2, 0.25) is 5.91 Å². The lowest BCUT2D eigenvalue weighted by atomic mass is 10.2. The van der Waals surface area contributed by atoms with E-state index >= 15 is 0 Å². The zero-order valence-corrected chi connectivity index (χ0v) is 9.13. The summed E-state index contributed by atoms with van der Waals surface area (Å²) in [4.78, 5) is 21.1. The molecular weight excluding hydrogens is 222 g/mol. The van der Waals surface area contributed by atoms with Gasteiger partial charge in [-0.05, 0) is 23.8 Å². The van der Waals surface area contributed by atoms with Crippen molar-refractivity contribution in [3.63, 3.8) is 0 Å². The molecule has 0 heterocycles. The van der Waals surface area contributed by atoms with Crippen molar-refractivity contribution in [1.29, 1.82) is 0 Å². The van der Waals surface area contributed by atoms with Gasteiger partial charge in [0.1, 0.15) is 0 Å². The number of rotatable bonds is 5. The van der Waals surface area contributed by atoms with Crippen LogP contribution in [0.15, 0.2) is 30.3 Å². The topological polar surface area (TPSA) is 98.3 Å². The molecule has 0 fully saturated rings. The van der Waals surface area contributed by atoms with E-state index in [2.05, 4.69) is 5.32 Å².